The molecule has 0 spiro atoms. The average Bonchev–Trinajstić information content (AvgIpc) is 2.45. The van der Waals surface area contributed by atoms with E-state index in [-0.39, 0.29) is 5.02 Å². The van der Waals surface area contributed by atoms with Crippen LogP contribution >= 0.6 is 27.5 Å². The van der Waals surface area contributed by atoms with Crippen LogP contribution in [0.3, 0.4) is 0 Å². The predicted molar refractivity (Wildman–Crippen MR) is 84.1 cm³/mol. The molecule has 21 heavy (non-hydrogen) atoms. The van der Waals surface area contributed by atoms with E-state index in [2.05, 4.69) is 27.3 Å². The second kappa shape index (κ2) is 6.79. The molecule has 0 fully saturated rings. The van der Waals surface area contributed by atoms with Gasteiger partial charge in [-0.25, -0.2) is 4.39 Å². The van der Waals surface area contributed by atoms with Crippen molar-refractivity contribution in [3.8, 4) is 11.8 Å². The zero-order valence-corrected chi connectivity index (χ0v) is 13.4. The van der Waals surface area contributed by atoms with Gasteiger partial charge in [0.2, 0.25) is 0 Å². The molecule has 0 saturated carbocycles. The summed E-state index contributed by atoms with van der Waals surface area (Å²) >= 11 is 9.28. The molecule has 0 aliphatic rings. The fraction of sp³-hybridized carbons (Fsp3) is 0.133. The van der Waals surface area contributed by atoms with Gasteiger partial charge in [0.1, 0.15) is 11.6 Å². The van der Waals surface area contributed by atoms with Crippen molar-refractivity contribution in [1.82, 2.24) is 0 Å². The summed E-state index contributed by atoms with van der Waals surface area (Å²) in [6.45, 7) is 0.392. The third-order valence-corrected chi connectivity index (χ3v) is 3.80. The standard InChI is InChI=1S/C15H11BrClFN2O/c1-21-14-3-2-9(7-19)4-10(14)8-20-15-12(16)5-11(18)6-13(15)17/h2-6,20H,8H2,1H3. The summed E-state index contributed by atoms with van der Waals surface area (Å²) in [5, 5.41) is 12.3. The highest BCUT2D eigenvalue weighted by molar-refractivity contribution is 9.10. The molecule has 0 aliphatic carbocycles. The van der Waals surface area contributed by atoms with Crippen molar-refractivity contribution in [2.24, 2.45) is 0 Å². The summed E-state index contributed by atoms with van der Waals surface area (Å²) in [6.07, 6.45) is 0. The van der Waals surface area contributed by atoms with E-state index < -0.39 is 5.82 Å². The molecule has 0 radical (unpaired) electrons. The first-order chi connectivity index (χ1) is 10.0. The molecule has 0 aromatic heterocycles. The number of rotatable bonds is 4. The second-order valence-corrected chi connectivity index (χ2v) is 5.50. The molecule has 0 saturated heterocycles. The first kappa shape index (κ1) is 15.6. The lowest BCUT2D eigenvalue weighted by molar-refractivity contribution is 0.410. The number of nitrogens with one attached hydrogen (secondary N) is 1. The fourth-order valence-electron chi connectivity index (χ4n) is 1.88. The summed E-state index contributed by atoms with van der Waals surface area (Å²) in [5.74, 6) is 0.248. The van der Waals surface area contributed by atoms with E-state index in [9.17, 15) is 4.39 Å². The van der Waals surface area contributed by atoms with Crippen molar-refractivity contribution >= 4 is 33.2 Å². The number of ether oxygens (including phenoxy) is 1. The topological polar surface area (TPSA) is 45.0 Å². The predicted octanol–water partition coefficient (Wildman–Crippen LogP) is 4.73. The van der Waals surface area contributed by atoms with Crippen molar-refractivity contribution in [2.75, 3.05) is 12.4 Å². The minimum atomic E-state index is -0.415. The highest BCUT2D eigenvalue weighted by atomic mass is 79.9. The van der Waals surface area contributed by atoms with Gasteiger partial charge in [0.05, 0.1) is 29.5 Å². The van der Waals surface area contributed by atoms with Crippen molar-refractivity contribution in [1.29, 1.82) is 5.26 Å². The van der Waals surface area contributed by atoms with Crippen LogP contribution in [-0.2, 0) is 6.54 Å². The molecule has 2 aromatic carbocycles. The van der Waals surface area contributed by atoms with Crippen LogP contribution < -0.4 is 10.1 Å². The number of benzene rings is 2. The Hall–Kier alpha value is -1.77. The second-order valence-electron chi connectivity index (χ2n) is 4.24. The molecule has 3 nitrogen and oxygen atoms in total. The maximum atomic E-state index is 13.2. The van der Waals surface area contributed by atoms with Gasteiger partial charge in [-0.05, 0) is 46.3 Å². The molecule has 6 heteroatoms. The van der Waals surface area contributed by atoms with Crippen LogP contribution in [0.1, 0.15) is 11.1 Å². The van der Waals surface area contributed by atoms with E-state index in [1.807, 2.05) is 0 Å². The molecule has 108 valence electrons. The maximum Gasteiger partial charge on any atom is 0.125 e. The Morgan fingerprint density at radius 1 is 1.38 bits per heavy atom. The molecule has 0 amide bonds. The van der Waals surface area contributed by atoms with Gasteiger partial charge >= 0.3 is 0 Å². The molecule has 0 heterocycles. The molecule has 2 rings (SSSR count). The number of nitriles is 1. The van der Waals surface area contributed by atoms with Gasteiger partial charge in [0, 0.05) is 16.6 Å². The average molecular weight is 370 g/mol. The Morgan fingerprint density at radius 2 is 2.14 bits per heavy atom. The fourth-order valence-corrected chi connectivity index (χ4v) is 2.84. The third kappa shape index (κ3) is 3.66. The molecule has 2 aromatic rings. The summed E-state index contributed by atoms with van der Waals surface area (Å²) < 4.78 is 19.0. The summed E-state index contributed by atoms with van der Waals surface area (Å²) in [7, 11) is 1.56. The van der Waals surface area contributed by atoms with Gasteiger partial charge in [-0.2, -0.15) is 5.26 Å². The van der Waals surface area contributed by atoms with E-state index in [1.54, 1.807) is 25.3 Å². The van der Waals surface area contributed by atoms with Gasteiger partial charge < -0.3 is 10.1 Å². The van der Waals surface area contributed by atoms with Crippen LogP contribution in [0.2, 0.25) is 5.02 Å². The third-order valence-electron chi connectivity index (χ3n) is 2.87. The minimum absolute atomic E-state index is 0.275. The number of hydrogen-bond acceptors (Lipinski definition) is 3. The van der Waals surface area contributed by atoms with E-state index in [0.29, 0.717) is 28.0 Å². The van der Waals surface area contributed by atoms with Gasteiger partial charge in [0.15, 0.2) is 0 Å². The number of hydrogen-bond donors (Lipinski definition) is 1. The summed E-state index contributed by atoms with van der Waals surface area (Å²) in [6, 6.07) is 9.79. The largest absolute Gasteiger partial charge is 0.496 e. The van der Waals surface area contributed by atoms with Crippen LogP contribution in [-0.4, -0.2) is 7.11 Å². The zero-order valence-electron chi connectivity index (χ0n) is 11.1. The van der Waals surface area contributed by atoms with Crippen LogP contribution in [0, 0.1) is 17.1 Å². The van der Waals surface area contributed by atoms with Gasteiger partial charge in [-0.15, -0.1) is 0 Å². The Balaban J connectivity index is 2.26. The van der Waals surface area contributed by atoms with Crippen molar-refractivity contribution < 1.29 is 9.13 Å². The molecule has 0 bridgehead atoms. The molecule has 1 N–H and O–H groups in total. The molecular formula is C15H11BrClFN2O. The van der Waals surface area contributed by atoms with Crippen molar-refractivity contribution in [2.45, 2.75) is 6.54 Å². The lowest BCUT2D eigenvalue weighted by Crippen LogP contribution is -2.03. The quantitative estimate of drug-likeness (QED) is 0.847. The Bertz CT molecular complexity index is 692. The Kier molecular flexibility index (Phi) is 5.05. The van der Waals surface area contributed by atoms with Gasteiger partial charge in [-0.1, -0.05) is 11.6 Å². The smallest absolute Gasteiger partial charge is 0.125 e. The first-order valence-electron chi connectivity index (χ1n) is 6.00. The van der Waals surface area contributed by atoms with E-state index in [4.69, 9.17) is 21.6 Å². The number of methoxy groups -OCH3 is 1. The van der Waals surface area contributed by atoms with Crippen LogP contribution in [0.5, 0.6) is 5.75 Å². The molecule has 0 atom stereocenters. The lowest BCUT2D eigenvalue weighted by atomic mass is 10.1. The van der Waals surface area contributed by atoms with Gasteiger partial charge in [0.25, 0.3) is 0 Å². The number of nitrogens with zero attached hydrogens (tertiary/aromatic N) is 1. The van der Waals surface area contributed by atoms with Crippen molar-refractivity contribution in [3.05, 3.63) is 56.8 Å². The maximum absolute atomic E-state index is 13.2. The van der Waals surface area contributed by atoms with Crippen LogP contribution in [0.15, 0.2) is 34.8 Å². The Morgan fingerprint density at radius 3 is 2.76 bits per heavy atom. The molecule has 0 aliphatic heterocycles. The van der Waals surface area contributed by atoms with Gasteiger partial charge in [-0.3, -0.25) is 0 Å². The van der Waals surface area contributed by atoms with E-state index in [0.717, 1.165) is 5.56 Å². The summed E-state index contributed by atoms with van der Waals surface area (Å²) in [5.41, 5.74) is 1.93. The number of anilines is 1. The lowest BCUT2D eigenvalue weighted by Gasteiger charge is -2.13. The van der Waals surface area contributed by atoms with Crippen LogP contribution in [0.25, 0.3) is 0 Å². The van der Waals surface area contributed by atoms with E-state index >= 15 is 0 Å². The van der Waals surface area contributed by atoms with Crippen LogP contribution in [0.4, 0.5) is 10.1 Å². The number of halogens is 3. The van der Waals surface area contributed by atoms with Crippen molar-refractivity contribution in [3.63, 3.8) is 0 Å². The minimum Gasteiger partial charge on any atom is -0.496 e. The highest BCUT2D eigenvalue weighted by Gasteiger charge is 2.10. The zero-order chi connectivity index (χ0) is 15.4. The first-order valence-corrected chi connectivity index (χ1v) is 7.17. The molecule has 0 unspecified atom stereocenters. The summed E-state index contributed by atoms with van der Waals surface area (Å²) in [4.78, 5) is 0. The molecular weight excluding hydrogens is 359 g/mol. The Labute approximate surface area is 135 Å². The normalized spacial score (nSPS) is 10.0. The SMILES string of the molecule is COc1ccc(C#N)cc1CNc1c(Cl)cc(F)cc1Br. The van der Waals surface area contributed by atoms with E-state index in [1.165, 1.54) is 12.1 Å². The monoisotopic (exact) mass is 368 g/mol. The highest BCUT2D eigenvalue weighted by Crippen LogP contribution is 2.32.